The summed E-state index contributed by atoms with van der Waals surface area (Å²) in [6.07, 6.45) is 0. The van der Waals surface area contributed by atoms with Gasteiger partial charge in [-0.05, 0) is 38.5 Å². The molecule has 1 aromatic heterocycles. The molecule has 0 unspecified atom stereocenters. The Morgan fingerprint density at radius 1 is 1.24 bits per heavy atom. The summed E-state index contributed by atoms with van der Waals surface area (Å²) in [5.74, 6) is -0.607. The highest BCUT2D eigenvalue weighted by molar-refractivity contribution is 5.96. The number of hydrogen-bond donors (Lipinski definition) is 1. The third kappa shape index (κ3) is 4.37. The number of carbonyl (C=O) groups is 2. The Morgan fingerprint density at radius 3 is 2.40 bits per heavy atom. The molecule has 2 aromatic rings. The molecule has 0 fully saturated rings. The van der Waals surface area contributed by atoms with E-state index in [1.54, 1.807) is 24.1 Å². The van der Waals surface area contributed by atoms with E-state index in [1.807, 2.05) is 37.6 Å². The average molecular weight is 345 g/mol. The van der Waals surface area contributed by atoms with Crippen molar-refractivity contribution in [3.05, 3.63) is 46.8 Å². The molecule has 2 rings (SSSR count). The highest BCUT2D eigenvalue weighted by Crippen LogP contribution is 2.18. The largest absolute Gasteiger partial charge is 0.482 e. The molecule has 134 valence electrons. The van der Waals surface area contributed by atoms with Crippen molar-refractivity contribution in [1.82, 2.24) is 14.7 Å². The number of carboxylic acid groups (broad SMARTS) is 1. The molecular weight excluding hydrogens is 322 g/mol. The standard InChI is InChI=1S/C18H23N3O4/c1-5-21-13(3)17(12(2)19-21)18(24)20(4)10-14-6-8-15(9-7-14)25-11-16(22)23/h6-9H,5,10-11H2,1-4H3,(H,22,23). The molecule has 0 aliphatic rings. The quantitative estimate of drug-likeness (QED) is 0.832. The van der Waals surface area contributed by atoms with Crippen LogP contribution >= 0.6 is 0 Å². The van der Waals surface area contributed by atoms with E-state index in [0.717, 1.165) is 23.5 Å². The molecule has 0 saturated carbocycles. The number of amides is 1. The third-order valence-electron chi connectivity index (χ3n) is 3.95. The fourth-order valence-electron chi connectivity index (χ4n) is 2.69. The maximum absolute atomic E-state index is 12.7. The lowest BCUT2D eigenvalue weighted by Crippen LogP contribution is -2.27. The smallest absolute Gasteiger partial charge is 0.341 e. The normalized spacial score (nSPS) is 10.6. The Bertz CT molecular complexity index is 765. The van der Waals surface area contributed by atoms with E-state index in [4.69, 9.17) is 9.84 Å². The van der Waals surface area contributed by atoms with Crippen LogP contribution in [0.15, 0.2) is 24.3 Å². The van der Waals surface area contributed by atoms with Gasteiger partial charge in [0.1, 0.15) is 5.75 Å². The van der Waals surface area contributed by atoms with E-state index < -0.39 is 5.97 Å². The number of aryl methyl sites for hydroxylation is 2. The molecule has 0 aliphatic heterocycles. The molecule has 1 N–H and O–H groups in total. The van der Waals surface area contributed by atoms with Crippen molar-refractivity contribution in [1.29, 1.82) is 0 Å². The second-order valence-electron chi connectivity index (χ2n) is 5.85. The van der Waals surface area contributed by atoms with Gasteiger partial charge in [0.15, 0.2) is 6.61 Å². The van der Waals surface area contributed by atoms with Gasteiger partial charge in [-0.3, -0.25) is 9.48 Å². The molecular formula is C18H23N3O4. The highest BCUT2D eigenvalue weighted by atomic mass is 16.5. The van der Waals surface area contributed by atoms with Gasteiger partial charge in [-0.15, -0.1) is 0 Å². The van der Waals surface area contributed by atoms with Crippen LogP contribution in [0.2, 0.25) is 0 Å². The summed E-state index contributed by atoms with van der Waals surface area (Å²) in [6, 6.07) is 7.02. The van der Waals surface area contributed by atoms with Crippen LogP contribution in [0.25, 0.3) is 0 Å². The molecule has 0 radical (unpaired) electrons. The first-order valence-corrected chi connectivity index (χ1v) is 8.06. The van der Waals surface area contributed by atoms with E-state index in [-0.39, 0.29) is 12.5 Å². The molecule has 0 aliphatic carbocycles. The monoisotopic (exact) mass is 345 g/mol. The Balaban J connectivity index is 2.06. The fraction of sp³-hybridized carbons (Fsp3) is 0.389. The highest BCUT2D eigenvalue weighted by Gasteiger charge is 2.21. The number of aliphatic carboxylic acids is 1. The Morgan fingerprint density at radius 2 is 1.88 bits per heavy atom. The van der Waals surface area contributed by atoms with Crippen molar-refractivity contribution in [3.63, 3.8) is 0 Å². The number of carboxylic acids is 1. The molecule has 0 atom stereocenters. The summed E-state index contributed by atoms with van der Waals surface area (Å²) in [4.78, 5) is 24.9. The lowest BCUT2D eigenvalue weighted by atomic mass is 10.1. The van der Waals surface area contributed by atoms with E-state index in [2.05, 4.69) is 5.10 Å². The van der Waals surface area contributed by atoms with Gasteiger partial charge in [0.25, 0.3) is 5.91 Å². The third-order valence-corrected chi connectivity index (χ3v) is 3.95. The summed E-state index contributed by atoms with van der Waals surface area (Å²) in [6.45, 7) is 6.52. The lowest BCUT2D eigenvalue weighted by molar-refractivity contribution is -0.139. The molecule has 7 heteroatoms. The van der Waals surface area contributed by atoms with Gasteiger partial charge in [0.2, 0.25) is 0 Å². The predicted octanol–water partition coefficient (Wildman–Crippen LogP) is 2.26. The minimum Gasteiger partial charge on any atom is -0.482 e. The van der Waals surface area contributed by atoms with Gasteiger partial charge < -0.3 is 14.7 Å². The number of nitrogens with zero attached hydrogens (tertiary/aromatic N) is 3. The second-order valence-corrected chi connectivity index (χ2v) is 5.85. The van der Waals surface area contributed by atoms with Crippen molar-refractivity contribution in [2.75, 3.05) is 13.7 Å². The topological polar surface area (TPSA) is 84.7 Å². The maximum atomic E-state index is 12.7. The molecule has 0 saturated heterocycles. The van der Waals surface area contributed by atoms with Crippen LogP contribution in [-0.4, -0.2) is 45.3 Å². The number of rotatable bonds is 7. The van der Waals surface area contributed by atoms with Gasteiger partial charge in [-0.1, -0.05) is 12.1 Å². The van der Waals surface area contributed by atoms with Gasteiger partial charge in [0, 0.05) is 25.8 Å². The van der Waals surface area contributed by atoms with Crippen molar-refractivity contribution in [2.24, 2.45) is 0 Å². The predicted molar refractivity (Wildman–Crippen MR) is 92.7 cm³/mol. The van der Waals surface area contributed by atoms with Crippen molar-refractivity contribution >= 4 is 11.9 Å². The first kappa shape index (κ1) is 18.5. The molecule has 7 nitrogen and oxygen atoms in total. The summed E-state index contributed by atoms with van der Waals surface area (Å²) in [5.41, 5.74) is 3.17. The van der Waals surface area contributed by atoms with E-state index >= 15 is 0 Å². The average Bonchev–Trinajstić information content (AvgIpc) is 2.87. The summed E-state index contributed by atoms with van der Waals surface area (Å²) in [5, 5.41) is 13.0. The van der Waals surface area contributed by atoms with Crippen LogP contribution in [0.4, 0.5) is 0 Å². The molecule has 0 spiro atoms. The first-order valence-electron chi connectivity index (χ1n) is 8.06. The van der Waals surface area contributed by atoms with Gasteiger partial charge >= 0.3 is 5.97 Å². The Hall–Kier alpha value is -2.83. The number of hydrogen-bond acceptors (Lipinski definition) is 4. The summed E-state index contributed by atoms with van der Waals surface area (Å²) < 4.78 is 6.92. The van der Waals surface area contributed by atoms with E-state index in [1.165, 1.54) is 0 Å². The van der Waals surface area contributed by atoms with Crippen LogP contribution in [-0.2, 0) is 17.9 Å². The molecule has 1 heterocycles. The lowest BCUT2D eigenvalue weighted by Gasteiger charge is -2.18. The molecule has 25 heavy (non-hydrogen) atoms. The Kier molecular flexibility index (Phi) is 5.80. The molecule has 0 bridgehead atoms. The van der Waals surface area contributed by atoms with Crippen LogP contribution in [0.3, 0.4) is 0 Å². The zero-order chi connectivity index (χ0) is 18.6. The number of carbonyl (C=O) groups excluding carboxylic acids is 1. The summed E-state index contributed by atoms with van der Waals surface area (Å²) >= 11 is 0. The van der Waals surface area contributed by atoms with Gasteiger partial charge in [-0.2, -0.15) is 5.10 Å². The van der Waals surface area contributed by atoms with Gasteiger partial charge in [-0.25, -0.2) is 4.79 Å². The van der Waals surface area contributed by atoms with Crippen molar-refractivity contribution < 1.29 is 19.4 Å². The Labute approximate surface area is 146 Å². The van der Waals surface area contributed by atoms with E-state index in [9.17, 15) is 9.59 Å². The minimum absolute atomic E-state index is 0.0686. The maximum Gasteiger partial charge on any atom is 0.341 e. The van der Waals surface area contributed by atoms with Crippen LogP contribution in [0, 0.1) is 13.8 Å². The molecule has 1 aromatic carbocycles. The SMILES string of the molecule is CCn1nc(C)c(C(=O)N(C)Cc2ccc(OCC(=O)O)cc2)c1C. The van der Waals surface area contributed by atoms with Crippen molar-refractivity contribution in [3.8, 4) is 5.75 Å². The summed E-state index contributed by atoms with van der Waals surface area (Å²) in [7, 11) is 1.75. The number of benzene rings is 1. The number of ether oxygens (including phenoxy) is 1. The van der Waals surface area contributed by atoms with E-state index in [0.29, 0.717) is 17.9 Å². The van der Waals surface area contributed by atoms with Crippen LogP contribution in [0.1, 0.15) is 34.2 Å². The zero-order valence-electron chi connectivity index (χ0n) is 14.9. The second kappa shape index (κ2) is 7.83. The number of aromatic nitrogens is 2. The van der Waals surface area contributed by atoms with Crippen LogP contribution < -0.4 is 4.74 Å². The van der Waals surface area contributed by atoms with Gasteiger partial charge in [0.05, 0.1) is 11.3 Å². The minimum atomic E-state index is -1.02. The fourth-order valence-corrected chi connectivity index (χ4v) is 2.69. The zero-order valence-corrected chi connectivity index (χ0v) is 14.9. The molecule has 1 amide bonds. The van der Waals surface area contributed by atoms with Crippen LogP contribution in [0.5, 0.6) is 5.75 Å². The first-order chi connectivity index (χ1) is 11.8. The van der Waals surface area contributed by atoms with Crippen molar-refractivity contribution in [2.45, 2.75) is 33.9 Å².